The molecule has 1 unspecified atom stereocenters. The summed E-state index contributed by atoms with van der Waals surface area (Å²) in [6.07, 6.45) is 6.95. The second-order valence-corrected chi connectivity index (χ2v) is 6.74. The minimum Gasteiger partial charge on any atom is -0.370 e. The molecule has 0 bridgehead atoms. The molecule has 8 heteroatoms. The van der Waals surface area contributed by atoms with E-state index in [2.05, 4.69) is 20.3 Å². The number of aromatic nitrogens is 3. The average molecular weight is 345 g/mol. The molecule has 1 amide bonds. The Morgan fingerprint density at radius 3 is 3.04 bits per heavy atom. The number of ether oxygens (including phenoxy) is 1. The zero-order valence-electron chi connectivity index (χ0n) is 13.8. The predicted octanol–water partition coefficient (Wildman–Crippen LogP) is 0.691. The monoisotopic (exact) mass is 345 g/mol. The molecule has 1 atom stereocenters. The number of rotatable bonds is 5. The second-order valence-electron chi connectivity index (χ2n) is 6.74. The zero-order chi connectivity index (χ0) is 17.3. The maximum Gasteiger partial charge on any atom is 0.253 e. The fourth-order valence-corrected chi connectivity index (χ4v) is 3.57. The van der Waals surface area contributed by atoms with Crippen molar-refractivity contribution in [1.82, 2.24) is 25.0 Å². The Bertz CT molecular complexity index is 745. The van der Waals surface area contributed by atoms with Crippen LogP contribution < -0.4 is 5.32 Å². The molecule has 2 saturated heterocycles. The van der Waals surface area contributed by atoms with Gasteiger partial charge in [-0.25, -0.2) is 4.39 Å². The number of nitrogens with zero attached hydrogens (tertiary/aromatic N) is 4. The highest BCUT2D eigenvalue weighted by molar-refractivity contribution is 5.94. The van der Waals surface area contributed by atoms with E-state index in [-0.39, 0.29) is 23.1 Å². The number of carbonyl (C=O) groups excluding carboxylic acids is 1. The van der Waals surface area contributed by atoms with Crippen LogP contribution in [-0.4, -0.2) is 63.5 Å². The van der Waals surface area contributed by atoms with Crippen molar-refractivity contribution in [3.05, 3.63) is 48.3 Å². The Balaban J connectivity index is 1.24. The van der Waals surface area contributed by atoms with E-state index in [9.17, 15) is 9.18 Å². The van der Waals surface area contributed by atoms with Crippen LogP contribution in [0.5, 0.6) is 0 Å². The molecular formula is C17H20FN5O2. The maximum atomic E-state index is 13.2. The van der Waals surface area contributed by atoms with Gasteiger partial charge in [0.1, 0.15) is 5.82 Å². The van der Waals surface area contributed by atoms with Gasteiger partial charge in [-0.05, 0) is 12.1 Å². The zero-order valence-corrected chi connectivity index (χ0v) is 13.8. The van der Waals surface area contributed by atoms with Gasteiger partial charge in [0.2, 0.25) is 0 Å². The van der Waals surface area contributed by atoms with Gasteiger partial charge in [0.15, 0.2) is 0 Å². The number of pyridine rings is 1. The van der Waals surface area contributed by atoms with Gasteiger partial charge in [-0.3, -0.25) is 19.4 Å². The molecule has 25 heavy (non-hydrogen) atoms. The molecule has 7 nitrogen and oxygen atoms in total. The van der Waals surface area contributed by atoms with E-state index in [1.165, 1.54) is 12.3 Å². The molecule has 0 aliphatic carbocycles. The lowest BCUT2D eigenvalue weighted by Gasteiger charge is -2.47. The van der Waals surface area contributed by atoms with E-state index in [1.54, 1.807) is 6.20 Å². The van der Waals surface area contributed by atoms with E-state index < -0.39 is 5.82 Å². The van der Waals surface area contributed by atoms with E-state index in [1.807, 2.05) is 16.9 Å². The third kappa shape index (κ3) is 3.54. The summed E-state index contributed by atoms with van der Waals surface area (Å²) in [6, 6.07) is 3.05. The molecule has 2 fully saturated rings. The van der Waals surface area contributed by atoms with Gasteiger partial charge in [0.05, 0.1) is 36.6 Å². The third-order valence-corrected chi connectivity index (χ3v) is 4.74. The normalized spacial score (nSPS) is 22.0. The smallest absolute Gasteiger partial charge is 0.253 e. The number of likely N-dealkylation sites (tertiary alicyclic amines) is 1. The first-order chi connectivity index (χ1) is 12.1. The van der Waals surface area contributed by atoms with Crippen molar-refractivity contribution in [2.24, 2.45) is 0 Å². The van der Waals surface area contributed by atoms with Gasteiger partial charge >= 0.3 is 0 Å². The molecule has 0 radical (unpaired) electrons. The van der Waals surface area contributed by atoms with E-state index >= 15 is 0 Å². The first kappa shape index (κ1) is 16.2. The molecule has 4 rings (SSSR count). The van der Waals surface area contributed by atoms with Gasteiger partial charge in [-0.2, -0.15) is 5.10 Å². The summed E-state index contributed by atoms with van der Waals surface area (Å²) >= 11 is 0. The highest BCUT2D eigenvalue weighted by Gasteiger charge is 2.49. The Labute approximate surface area is 144 Å². The van der Waals surface area contributed by atoms with Crippen LogP contribution >= 0.6 is 0 Å². The first-order valence-corrected chi connectivity index (χ1v) is 8.37. The van der Waals surface area contributed by atoms with E-state index in [4.69, 9.17) is 4.74 Å². The van der Waals surface area contributed by atoms with E-state index in [0.29, 0.717) is 6.61 Å². The number of hydrogen-bond donors (Lipinski definition) is 1. The van der Waals surface area contributed by atoms with Gasteiger partial charge in [0.25, 0.3) is 5.91 Å². The number of nitrogens with one attached hydrogen (secondary N) is 1. The summed E-state index contributed by atoms with van der Waals surface area (Å²) in [7, 11) is 0. The van der Waals surface area contributed by atoms with Crippen molar-refractivity contribution in [3.8, 4) is 0 Å². The van der Waals surface area contributed by atoms with E-state index in [0.717, 1.165) is 38.8 Å². The fourth-order valence-electron chi connectivity index (χ4n) is 3.57. The predicted molar refractivity (Wildman–Crippen MR) is 87.4 cm³/mol. The molecule has 2 aliphatic rings. The molecule has 1 spiro atoms. The van der Waals surface area contributed by atoms with Crippen LogP contribution in [0, 0.1) is 5.82 Å². The van der Waals surface area contributed by atoms with Crippen molar-refractivity contribution in [3.63, 3.8) is 0 Å². The lowest BCUT2D eigenvalue weighted by Crippen LogP contribution is -2.62. The van der Waals surface area contributed by atoms with Crippen LogP contribution in [-0.2, 0) is 11.3 Å². The number of halogens is 1. The quantitative estimate of drug-likeness (QED) is 0.863. The topological polar surface area (TPSA) is 72.3 Å². The van der Waals surface area contributed by atoms with Crippen molar-refractivity contribution >= 4 is 5.91 Å². The SMILES string of the molecule is O=C(NC1COC2(C1)CN(CCn1cccn1)C2)c1cncc(F)c1. The van der Waals surface area contributed by atoms with Gasteiger partial charge < -0.3 is 10.1 Å². The molecule has 2 aliphatic heterocycles. The molecule has 1 N–H and O–H groups in total. The van der Waals surface area contributed by atoms with Crippen LogP contribution in [0.1, 0.15) is 16.8 Å². The fraction of sp³-hybridized carbons (Fsp3) is 0.471. The van der Waals surface area contributed by atoms with Crippen molar-refractivity contribution in [2.75, 3.05) is 26.2 Å². The highest BCUT2D eigenvalue weighted by atomic mass is 19.1. The average Bonchev–Trinajstić information content (AvgIpc) is 3.21. The maximum absolute atomic E-state index is 13.2. The van der Waals surface area contributed by atoms with Gasteiger partial charge in [-0.15, -0.1) is 0 Å². The summed E-state index contributed by atoms with van der Waals surface area (Å²) < 4.78 is 21.0. The Hall–Kier alpha value is -2.32. The van der Waals surface area contributed by atoms with Crippen molar-refractivity contribution in [2.45, 2.75) is 24.6 Å². The Morgan fingerprint density at radius 1 is 1.40 bits per heavy atom. The number of amides is 1. The summed E-state index contributed by atoms with van der Waals surface area (Å²) in [6.45, 7) is 4.00. The minimum atomic E-state index is -0.515. The largest absolute Gasteiger partial charge is 0.370 e. The second kappa shape index (κ2) is 6.53. The lowest BCUT2D eigenvalue weighted by atomic mass is 9.89. The van der Waals surface area contributed by atoms with Gasteiger partial charge in [-0.1, -0.05) is 0 Å². The number of hydrogen-bond acceptors (Lipinski definition) is 5. The van der Waals surface area contributed by atoms with Gasteiger partial charge in [0, 0.05) is 44.6 Å². The van der Waals surface area contributed by atoms with Crippen LogP contribution in [0.3, 0.4) is 0 Å². The summed E-state index contributed by atoms with van der Waals surface area (Å²) in [4.78, 5) is 18.2. The Kier molecular flexibility index (Phi) is 4.22. The summed E-state index contributed by atoms with van der Waals surface area (Å²) in [5.74, 6) is -0.828. The number of carbonyl (C=O) groups is 1. The van der Waals surface area contributed by atoms with Crippen LogP contribution in [0.4, 0.5) is 4.39 Å². The molecule has 0 aromatic carbocycles. The Morgan fingerprint density at radius 2 is 2.28 bits per heavy atom. The lowest BCUT2D eigenvalue weighted by molar-refractivity contribution is -0.111. The molecule has 132 valence electrons. The van der Waals surface area contributed by atoms with Crippen molar-refractivity contribution in [1.29, 1.82) is 0 Å². The van der Waals surface area contributed by atoms with Crippen LogP contribution in [0.25, 0.3) is 0 Å². The summed E-state index contributed by atoms with van der Waals surface area (Å²) in [5.41, 5.74) is 0.0674. The van der Waals surface area contributed by atoms with Crippen LogP contribution in [0.2, 0.25) is 0 Å². The molecule has 2 aromatic rings. The van der Waals surface area contributed by atoms with Crippen LogP contribution in [0.15, 0.2) is 36.9 Å². The molecule has 2 aromatic heterocycles. The standard InChI is InChI=1S/C17H20FN5O2/c18-14-6-13(8-19-9-14)16(24)21-15-7-17(25-10-15)11-22(12-17)4-5-23-3-1-2-20-23/h1-3,6,8-9,15H,4-5,7,10-12H2,(H,21,24). The molecule has 0 saturated carbocycles. The first-order valence-electron chi connectivity index (χ1n) is 8.37. The third-order valence-electron chi connectivity index (χ3n) is 4.74. The van der Waals surface area contributed by atoms with Crippen molar-refractivity contribution < 1.29 is 13.9 Å². The molecular weight excluding hydrogens is 325 g/mol. The minimum absolute atomic E-state index is 0.0518. The highest BCUT2D eigenvalue weighted by Crippen LogP contribution is 2.35. The summed E-state index contributed by atoms with van der Waals surface area (Å²) in [5, 5.41) is 7.11. The molecule has 4 heterocycles.